The highest BCUT2D eigenvalue weighted by molar-refractivity contribution is 7.12. The normalized spacial score (nSPS) is 11.8. The van der Waals surface area contributed by atoms with Crippen LogP contribution in [0.15, 0.2) is 36.4 Å². The SMILES string of the molecule is COC(CNC(=O)C(=O)NCc1ccccc1Cl)c1ccc(C)s1. The van der Waals surface area contributed by atoms with E-state index in [1.54, 1.807) is 36.6 Å². The van der Waals surface area contributed by atoms with Gasteiger partial charge >= 0.3 is 11.8 Å². The minimum atomic E-state index is -0.702. The summed E-state index contributed by atoms with van der Waals surface area (Å²) in [6.45, 7) is 2.43. The van der Waals surface area contributed by atoms with E-state index in [9.17, 15) is 9.59 Å². The van der Waals surface area contributed by atoms with Gasteiger partial charge in [-0.05, 0) is 30.7 Å². The van der Waals surface area contributed by atoms with E-state index in [2.05, 4.69) is 10.6 Å². The summed E-state index contributed by atoms with van der Waals surface area (Å²) in [4.78, 5) is 25.9. The van der Waals surface area contributed by atoms with E-state index in [1.165, 1.54) is 0 Å². The van der Waals surface area contributed by atoms with Crippen LogP contribution in [0.5, 0.6) is 0 Å². The quantitative estimate of drug-likeness (QED) is 0.772. The topological polar surface area (TPSA) is 67.4 Å². The average molecular weight is 367 g/mol. The van der Waals surface area contributed by atoms with Crippen LogP contribution in [0.4, 0.5) is 0 Å². The van der Waals surface area contributed by atoms with Gasteiger partial charge in [0.05, 0.1) is 0 Å². The number of carbonyl (C=O) groups excluding carboxylic acids is 2. The van der Waals surface area contributed by atoms with Crippen molar-refractivity contribution < 1.29 is 14.3 Å². The van der Waals surface area contributed by atoms with Gasteiger partial charge in [-0.3, -0.25) is 9.59 Å². The number of halogens is 1. The van der Waals surface area contributed by atoms with E-state index >= 15 is 0 Å². The molecule has 2 N–H and O–H groups in total. The highest BCUT2D eigenvalue weighted by atomic mass is 35.5. The zero-order valence-corrected chi connectivity index (χ0v) is 15.0. The molecule has 0 aliphatic heterocycles. The van der Waals surface area contributed by atoms with Crippen LogP contribution in [0.1, 0.15) is 21.4 Å². The third-order valence-electron chi connectivity index (χ3n) is 3.41. The maximum absolute atomic E-state index is 11.9. The molecule has 1 heterocycles. The minimum Gasteiger partial charge on any atom is -0.374 e. The molecule has 5 nitrogen and oxygen atoms in total. The molecule has 1 aromatic carbocycles. The number of aryl methyl sites for hydroxylation is 1. The standard InChI is InChI=1S/C17H19ClN2O3S/c1-11-7-8-15(24-11)14(23-2)10-20-17(22)16(21)19-9-12-5-3-4-6-13(12)18/h3-8,14H,9-10H2,1-2H3,(H,19,21)(H,20,22). The van der Waals surface area contributed by atoms with Crippen LogP contribution in [-0.2, 0) is 20.9 Å². The highest BCUT2D eigenvalue weighted by Gasteiger charge is 2.18. The Hall–Kier alpha value is -1.89. The fraction of sp³-hybridized carbons (Fsp3) is 0.294. The number of thiophene rings is 1. The van der Waals surface area contributed by atoms with Gasteiger partial charge in [0.1, 0.15) is 6.10 Å². The van der Waals surface area contributed by atoms with E-state index in [0.29, 0.717) is 5.02 Å². The third-order valence-corrected chi connectivity index (χ3v) is 4.88. The fourth-order valence-corrected chi connectivity index (χ4v) is 3.25. The predicted molar refractivity (Wildman–Crippen MR) is 95.1 cm³/mol. The molecule has 0 fully saturated rings. The van der Waals surface area contributed by atoms with Gasteiger partial charge in [0, 0.05) is 35.0 Å². The van der Waals surface area contributed by atoms with Crippen LogP contribution in [0, 0.1) is 6.92 Å². The molecule has 1 aromatic heterocycles. The number of benzene rings is 1. The first-order valence-corrected chi connectivity index (χ1v) is 8.59. The molecular formula is C17H19ClN2O3S. The Bertz CT molecular complexity index is 717. The van der Waals surface area contributed by atoms with Gasteiger partial charge in [-0.25, -0.2) is 0 Å². The van der Waals surface area contributed by atoms with E-state index in [4.69, 9.17) is 16.3 Å². The maximum Gasteiger partial charge on any atom is 0.309 e. The van der Waals surface area contributed by atoms with E-state index < -0.39 is 11.8 Å². The molecule has 7 heteroatoms. The van der Waals surface area contributed by atoms with Crippen molar-refractivity contribution in [3.05, 3.63) is 56.7 Å². The number of hydrogen-bond donors (Lipinski definition) is 2. The lowest BCUT2D eigenvalue weighted by Crippen LogP contribution is -2.41. The zero-order valence-electron chi connectivity index (χ0n) is 13.5. The molecule has 0 aliphatic carbocycles. The van der Waals surface area contributed by atoms with Crippen molar-refractivity contribution >= 4 is 34.8 Å². The van der Waals surface area contributed by atoms with Crippen LogP contribution in [-0.4, -0.2) is 25.5 Å². The summed E-state index contributed by atoms with van der Waals surface area (Å²) in [6, 6.07) is 11.1. The van der Waals surface area contributed by atoms with Crippen molar-refractivity contribution in [2.75, 3.05) is 13.7 Å². The summed E-state index contributed by atoms with van der Waals surface area (Å²) in [5.74, 6) is -1.40. The Kier molecular flexibility index (Phi) is 6.78. The van der Waals surface area contributed by atoms with Gasteiger partial charge in [0.15, 0.2) is 0 Å². The molecule has 0 saturated carbocycles. The zero-order chi connectivity index (χ0) is 17.5. The molecule has 0 spiro atoms. The molecule has 0 bridgehead atoms. The molecule has 128 valence electrons. The summed E-state index contributed by atoms with van der Waals surface area (Å²) >= 11 is 7.61. The van der Waals surface area contributed by atoms with Gasteiger partial charge in [0.2, 0.25) is 0 Å². The monoisotopic (exact) mass is 366 g/mol. The first-order chi connectivity index (χ1) is 11.5. The molecule has 2 rings (SSSR count). The molecule has 1 unspecified atom stereocenters. The van der Waals surface area contributed by atoms with E-state index in [0.717, 1.165) is 15.3 Å². The summed E-state index contributed by atoms with van der Waals surface area (Å²) in [6.07, 6.45) is -0.274. The summed E-state index contributed by atoms with van der Waals surface area (Å²) in [5.41, 5.74) is 0.754. The average Bonchev–Trinajstić information content (AvgIpc) is 3.00. The summed E-state index contributed by atoms with van der Waals surface area (Å²) in [5, 5.41) is 5.69. The summed E-state index contributed by atoms with van der Waals surface area (Å²) in [7, 11) is 1.57. The number of ether oxygens (including phenoxy) is 1. The smallest absolute Gasteiger partial charge is 0.309 e. The molecule has 0 radical (unpaired) electrons. The number of nitrogens with one attached hydrogen (secondary N) is 2. The van der Waals surface area contributed by atoms with Crippen LogP contribution in [0.25, 0.3) is 0 Å². The first-order valence-electron chi connectivity index (χ1n) is 7.40. The second-order valence-corrected chi connectivity index (χ2v) is 6.88. The Morgan fingerprint density at radius 2 is 1.88 bits per heavy atom. The van der Waals surface area contributed by atoms with Crippen molar-refractivity contribution in [3.8, 4) is 0 Å². The van der Waals surface area contributed by atoms with Crippen molar-refractivity contribution in [1.29, 1.82) is 0 Å². The molecule has 0 saturated heterocycles. The van der Waals surface area contributed by atoms with Crippen LogP contribution >= 0.6 is 22.9 Å². The van der Waals surface area contributed by atoms with Crippen LogP contribution < -0.4 is 10.6 Å². The third kappa shape index (κ3) is 5.06. The fourth-order valence-electron chi connectivity index (χ4n) is 2.09. The van der Waals surface area contributed by atoms with Crippen LogP contribution in [0.3, 0.4) is 0 Å². The molecule has 1 atom stereocenters. The van der Waals surface area contributed by atoms with Crippen LogP contribution in [0.2, 0.25) is 5.02 Å². The Morgan fingerprint density at radius 3 is 2.50 bits per heavy atom. The van der Waals surface area contributed by atoms with Crippen molar-refractivity contribution in [2.45, 2.75) is 19.6 Å². The first kappa shape index (κ1) is 18.4. The molecule has 2 aromatic rings. The molecule has 2 amide bonds. The number of amides is 2. The second kappa shape index (κ2) is 8.82. The lowest BCUT2D eigenvalue weighted by molar-refractivity contribution is -0.139. The number of carbonyl (C=O) groups is 2. The Morgan fingerprint density at radius 1 is 1.17 bits per heavy atom. The molecular weight excluding hydrogens is 348 g/mol. The van der Waals surface area contributed by atoms with Gasteiger partial charge in [-0.15, -0.1) is 11.3 Å². The summed E-state index contributed by atoms with van der Waals surface area (Å²) < 4.78 is 5.37. The number of methoxy groups -OCH3 is 1. The highest BCUT2D eigenvalue weighted by Crippen LogP contribution is 2.24. The number of hydrogen-bond acceptors (Lipinski definition) is 4. The lowest BCUT2D eigenvalue weighted by atomic mass is 10.2. The van der Waals surface area contributed by atoms with Crippen molar-refractivity contribution in [1.82, 2.24) is 10.6 Å². The minimum absolute atomic E-state index is 0.198. The van der Waals surface area contributed by atoms with Gasteiger partial charge in [-0.1, -0.05) is 29.8 Å². The maximum atomic E-state index is 11.9. The van der Waals surface area contributed by atoms with Gasteiger partial charge < -0.3 is 15.4 Å². The number of rotatable bonds is 6. The van der Waals surface area contributed by atoms with Crippen molar-refractivity contribution in [2.24, 2.45) is 0 Å². The van der Waals surface area contributed by atoms with Gasteiger partial charge in [-0.2, -0.15) is 0 Å². The second-order valence-electron chi connectivity index (χ2n) is 5.16. The van der Waals surface area contributed by atoms with Gasteiger partial charge in [0.25, 0.3) is 0 Å². The lowest BCUT2D eigenvalue weighted by Gasteiger charge is -2.14. The predicted octanol–water partition coefficient (Wildman–Crippen LogP) is 2.83. The Balaban J connectivity index is 1.83. The molecule has 0 aliphatic rings. The van der Waals surface area contributed by atoms with E-state index in [1.807, 2.05) is 25.1 Å². The Labute approximate surface area is 150 Å². The largest absolute Gasteiger partial charge is 0.374 e. The molecule has 24 heavy (non-hydrogen) atoms. The van der Waals surface area contributed by atoms with E-state index in [-0.39, 0.29) is 19.2 Å². The van der Waals surface area contributed by atoms with Crippen molar-refractivity contribution in [3.63, 3.8) is 0 Å².